The molecule has 0 saturated carbocycles. The van der Waals surface area contributed by atoms with Crippen LogP contribution in [-0.4, -0.2) is 29.6 Å². The lowest BCUT2D eigenvalue weighted by atomic mass is 10.1. The molecule has 4 nitrogen and oxygen atoms in total. The summed E-state index contributed by atoms with van der Waals surface area (Å²) in [5.74, 6) is -0.196. The second-order valence-corrected chi connectivity index (χ2v) is 10.0. The maximum atomic E-state index is 13.6. The summed E-state index contributed by atoms with van der Waals surface area (Å²) in [6, 6.07) is 22.5. The average Bonchev–Trinajstić information content (AvgIpc) is 3.34. The minimum atomic E-state index is -4.47. The average molecular weight is 512 g/mol. The van der Waals surface area contributed by atoms with E-state index < -0.39 is 11.7 Å². The van der Waals surface area contributed by atoms with Crippen molar-refractivity contribution in [2.45, 2.75) is 17.5 Å². The van der Waals surface area contributed by atoms with Crippen molar-refractivity contribution in [1.29, 1.82) is 0 Å². The molecule has 35 heavy (non-hydrogen) atoms. The molecule has 0 aliphatic carbocycles. The van der Waals surface area contributed by atoms with Crippen molar-refractivity contribution in [2.75, 3.05) is 18.5 Å². The van der Waals surface area contributed by atoms with Crippen molar-refractivity contribution in [3.8, 4) is 0 Å². The molecular formula is C26H20F3N3OS2. The first-order valence-corrected chi connectivity index (χ1v) is 12.5. The fourth-order valence-electron chi connectivity index (χ4n) is 3.86. The molecular weight excluding hydrogens is 491 g/mol. The number of carbonyl (C=O) groups excluding carboxylic acids is 1. The van der Waals surface area contributed by atoms with Gasteiger partial charge in [-0.25, -0.2) is 4.99 Å². The van der Waals surface area contributed by atoms with Crippen molar-refractivity contribution >= 4 is 46.0 Å². The number of hydrogen-bond acceptors (Lipinski definition) is 5. The molecule has 0 N–H and O–H groups in total. The topological polar surface area (TPSA) is 35.9 Å². The zero-order valence-corrected chi connectivity index (χ0v) is 20.3. The summed E-state index contributed by atoms with van der Waals surface area (Å²) < 4.78 is 39.7. The summed E-state index contributed by atoms with van der Waals surface area (Å²) in [4.78, 5) is 23.2. The molecule has 2 heterocycles. The molecule has 0 aromatic heterocycles. The van der Waals surface area contributed by atoms with Gasteiger partial charge in [0.1, 0.15) is 4.91 Å². The third kappa shape index (κ3) is 4.83. The Labute approximate surface area is 209 Å². The Hall–Kier alpha value is -3.17. The van der Waals surface area contributed by atoms with Crippen LogP contribution in [0.15, 0.2) is 98.7 Å². The minimum absolute atomic E-state index is 0.154. The highest BCUT2D eigenvalue weighted by atomic mass is 32.2. The highest BCUT2D eigenvalue weighted by Crippen LogP contribution is 2.50. The predicted molar refractivity (Wildman–Crippen MR) is 136 cm³/mol. The van der Waals surface area contributed by atoms with Gasteiger partial charge in [-0.2, -0.15) is 13.2 Å². The van der Waals surface area contributed by atoms with Gasteiger partial charge in [0.15, 0.2) is 5.17 Å². The molecule has 0 bridgehead atoms. The van der Waals surface area contributed by atoms with E-state index in [4.69, 9.17) is 0 Å². The molecule has 2 aliphatic heterocycles. The van der Waals surface area contributed by atoms with Crippen LogP contribution in [0.1, 0.15) is 11.1 Å². The van der Waals surface area contributed by atoms with Crippen molar-refractivity contribution < 1.29 is 18.0 Å². The van der Waals surface area contributed by atoms with Crippen LogP contribution in [-0.2, 0) is 17.4 Å². The maximum absolute atomic E-state index is 13.6. The van der Waals surface area contributed by atoms with Crippen LogP contribution in [0, 0.1) is 0 Å². The highest BCUT2D eigenvalue weighted by molar-refractivity contribution is 8.19. The molecule has 3 aromatic rings. The van der Waals surface area contributed by atoms with Crippen molar-refractivity contribution in [3.63, 3.8) is 0 Å². The third-order valence-electron chi connectivity index (χ3n) is 5.66. The molecule has 1 saturated heterocycles. The van der Waals surface area contributed by atoms with Gasteiger partial charge in [-0.1, -0.05) is 60.3 Å². The number of nitrogens with zero attached hydrogens (tertiary/aromatic N) is 3. The number of amidine groups is 1. The summed E-state index contributed by atoms with van der Waals surface area (Å²) in [5.41, 5.74) is 1.45. The zero-order chi connectivity index (χ0) is 24.6. The van der Waals surface area contributed by atoms with Gasteiger partial charge in [0, 0.05) is 18.5 Å². The standard InChI is InChI=1S/C26H20F3N3OS2/c1-31-20-12-5-6-13-21(20)34-24(31)22-23(33)32(15-14-17-8-3-2-4-9-17)25(35-22)30-19-11-7-10-18(16-19)26(27,28)29/h2-13,16H,14-15H2,1H3. The van der Waals surface area contributed by atoms with E-state index in [1.54, 1.807) is 4.90 Å². The van der Waals surface area contributed by atoms with Crippen LogP contribution in [0.25, 0.3) is 0 Å². The number of fused-ring (bicyclic) bond motifs is 1. The van der Waals surface area contributed by atoms with Gasteiger partial charge in [-0.15, -0.1) is 0 Å². The molecule has 3 aromatic carbocycles. The predicted octanol–water partition coefficient (Wildman–Crippen LogP) is 6.92. The maximum Gasteiger partial charge on any atom is 0.416 e. The van der Waals surface area contributed by atoms with Gasteiger partial charge in [0.25, 0.3) is 5.91 Å². The van der Waals surface area contributed by atoms with Gasteiger partial charge in [0.2, 0.25) is 0 Å². The fourth-order valence-corrected chi connectivity index (χ4v) is 6.23. The zero-order valence-electron chi connectivity index (χ0n) is 18.6. The van der Waals surface area contributed by atoms with Crippen LogP contribution >= 0.6 is 23.5 Å². The molecule has 1 fully saturated rings. The summed E-state index contributed by atoms with van der Waals surface area (Å²) in [6.07, 6.45) is -3.87. The quantitative estimate of drug-likeness (QED) is 0.356. The second kappa shape index (κ2) is 9.47. The molecule has 0 unspecified atom stereocenters. The third-order valence-corrected chi connectivity index (χ3v) is 8.09. The van der Waals surface area contributed by atoms with Gasteiger partial charge >= 0.3 is 6.18 Å². The molecule has 0 atom stereocenters. The largest absolute Gasteiger partial charge is 0.416 e. The van der Waals surface area contributed by atoms with Crippen molar-refractivity contribution in [1.82, 2.24) is 4.90 Å². The Morgan fingerprint density at radius 2 is 1.66 bits per heavy atom. The number of amides is 1. The first-order chi connectivity index (χ1) is 16.8. The molecule has 2 aliphatic rings. The number of alkyl halides is 3. The molecule has 178 valence electrons. The van der Waals surface area contributed by atoms with Gasteiger partial charge in [-0.3, -0.25) is 9.69 Å². The lowest BCUT2D eigenvalue weighted by molar-refractivity contribution is -0.137. The minimum Gasteiger partial charge on any atom is -0.337 e. The normalized spacial score (nSPS) is 19.1. The summed E-state index contributed by atoms with van der Waals surface area (Å²) in [5, 5.41) is 1.16. The van der Waals surface area contributed by atoms with Crippen LogP contribution < -0.4 is 4.90 Å². The van der Waals surface area contributed by atoms with E-state index >= 15 is 0 Å². The smallest absolute Gasteiger partial charge is 0.337 e. The van der Waals surface area contributed by atoms with E-state index in [0.29, 0.717) is 23.0 Å². The molecule has 0 spiro atoms. The lowest BCUT2D eigenvalue weighted by Crippen LogP contribution is -2.31. The van der Waals surface area contributed by atoms with E-state index in [-0.39, 0.29) is 11.6 Å². The number of halogens is 3. The number of hydrogen-bond donors (Lipinski definition) is 0. The number of anilines is 1. The second-order valence-electron chi connectivity index (χ2n) is 8.00. The Kier molecular flexibility index (Phi) is 6.37. The molecule has 0 radical (unpaired) electrons. The molecule has 1 amide bonds. The lowest BCUT2D eigenvalue weighted by Gasteiger charge is -2.17. The summed E-state index contributed by atoms with van der Waals surface area (Å²) in [7, 11) is 1.91. The molecule has 9 heteroatoms. The van der Waals surface area contributed by atoms with E-state index in [9.17, 15) is 18.0 Å². The van der Waals surface area contributed by atoms with Gasteiger partial charge < -0.3 is 4.90 Å². The van der Waals surface area contributed by atoms with Crippen molar-refractivity contribution in [2.24, 2.45) is 4.99 Å². The van der Waals surface area contributed by atoms with E-state index in [1.165, 1.54) is 35.7 Å². The monoisotopic (exact) mass is 511 g/mol. The van der Waals surface area contributed by atoms with E-state index in [1.807, 2.05) is 66.5 Å². The Bertz CT molecular complexity index is 1340. The Morgan fingerprint density at radius 3 is 2.40 bits per heavy atom. The van der Waals surface area contributed by atoms with Gasteiger partial charge in [0.05, 0.1) is 22.0 Å². The molecule has 5 rings (SSSR count). The number of carbonyl (C=O) groups is 1. The SMILES string of the molecule is CN1C(=C2SC(=Nc3cccc(C(F)(F)F)c3)N(CCc3ccccc3)C2=O)Sc2ccccc21. The Morgan fingerprint density at radius 1 is 0.914 bits per heavy atom. The number of rotatable bonds is 4. The number of thioether (sulfide) groups is 2. The number of aliphatic imine (C=N–C) groups is 1. The van der Waals surface area contributed by atoms with Crippen molar-refractivity contribution in [3.05, 3.63) is 99.9 Å². The fraction of sp³-hybridized carbons (Fsp3) is 0.154. The Balaban J connectivity index is 1.51. The summed E-state index contributed by atoms with van der Waals surface area (Å²) >= 11 is 2.71. The van der Waals surface area contributed by atoms with E-state index in [0.717, 1.165) is 33.3 Å². The first-order valence-electron chi connectivity index (χ1n) is 10.9. The van der Waals surface area contributed by atoms with Crippen LogP contribution in [0.2, 0.25) is 0 Å². The number of para-hydroxylation sites is 1. The number of benzene rings is 3. The summed E-state index contributed by atoms with van der Waals surface area (Å²) in [6.45, 7) is 0.367. The van der Waals surface area contributed by atoms with Crippen LogP contribution in [0.3, 0.4) is 0 Å². The van der Waals surface area contributed by atoms with Crippen LogP contribution in [0.4, 0.5) is 24.5 Å². The van der Waals surface area contributed by atoms with E-state index in [2.05, 4.69) is 4.99 Å². The van der Waals surface area contributed by atoms with Crippen LogP contribution in [0.5, 0.6) is 0 Å². The highest BCUT2D eigenvalue weighted by Gasteiger charge is 2.39. The first kappa shape index (κ1) is 23.6. The van der Waals surface area contributed by atoms with Gasteiger partial charge in [-0.05, 0) is 54.1 Å².